The quantitative estimate of drug-likeness (QED) is 0.733. The van der Waals surface area contributed by atoms with Gasteiger partial charge in [-0.25, -0.2) is 13.6 Å². The minimum atomic E-state index is -0.918. The van der Waals surface area contributed by atoms with Gasteiger partial charge >= 0.3 is 5.97 Å². The average molecular weight is 391 g/mol. The first kappa shape index (κ1) is 19.8. The van der Waals surface area contributed by atoms with Crippen LogP contribution in [-0.4, -0.2) is 37.8 Å². The van der Waals surface area contributed by atoms with E-state index in [0.717, 1.165) is 31.6 Å². The number of carbonyl (C=O) groups excluding carboxylic acids is 2. The van der Waals surface area contributed by atoms with Crippen molar-refractivity contribution in [3.63, 3.8) is 0 Å². The highest BCUT2D eigenvalue weighted by Crippen LogP contribution is 2.18. The van der Waals surface area contributed by atoms with Crippen molar-refractivity contribution >= 4 is 17.6 Å². The fourth-order valence-electron chi connectivity index (χ4n) is 2.66. The predicted molar refractivity (Wildman–Crippen MR) is 96.2 cm³/mol. The second kappa shape index (κ2) is 9.27. The van der Waals surface area contributed by atoms with E-state index in [2.05, 4.69) is 0 Å². The molecule has 0 radical (unpaired) electrons. The van der Waals surface area contributed by atoms with Crippen LogP contribution in [0.3, 0.4) is 0 Å². The highest BCUT2D eigenvalue weighted by molar-refractivity contribution is 5.95. The number of nitrogens with one attached hydrogen (secondary N) is 1. The molecular formula is C20H19F2NO5. The Labute approximate surface area is 160 Å². The molecule has 3 rings (SSSR count). The Morgan fingerprint density at radius 3 is 2.46 bits per heavy atom. The molecular weight excluding hydrogens is 372 g/mol. The number of esters is 1. The van der Waals surface area contributed by atoms with Crippen LogP contribution in [-0.2, 0) is 14.3 Å². The van der Waals surface area contributed by atoms with E-state index in [-0.39, 0.29) is 11.7 Å². The van der Waals surface area contributed by atoms with Gasteiger partial charge in [0.1, 0.15) is 29.7 Å². The number of ether oxygens (including phenoxy) is 3. The number of hydrogen-bond acceptors (Lipinski definition) is 5. The first-order valence-electron chi connectivity index (χ1n) is 8.78. The number of halogens is 2. The van der Waals surface area contributed by atoms with Crippen LogP contribution in [0.5, 0.6) is 5.75 Å². The Hall–Kier alpha value is -3.00. The second-order valence-corrected chi connectivity index (χ2v) is 6.19. The molecule has 2 aromatic rings. The van der Waals surface area contributed by atoms with Gasteiger partial charge < -0.3 is 19.5 Å². The molecule has 0 aliphatic carbocycles. The maximum absolute atomic E-state index is 13.5. The molecule has 1 amide bonds. The van der Waals surface area contributed by atoms with Crippen LogP contribution in [0, 0.1) is 11.6 Å². The van der Waals surface area contributed by atoms with Crippen LogP contribution in [0.4, 0.5) is 14.5 Å². The number of anilines is 1. The smallest absolute Gasteiger partial charge is 0.338 e. The molecule has 0 unspecified atom stereocenters. The van der Waals surface area contributed by atoms with Crippen molar-refractivity contribution in [3.05, 3.63) is 59.7 Å². The van der Waals surface area contributed by atoms with E-state index in [9.17, 15) is 18.4 Å². The van der Waals surface area contributed by atoms with Crippen LogP contribution in [0.15, 0.2) is 42.5 Å². The Morgan fingerprint density at radius 2 is 1.82 bits per heavy atom. The molecule has 1 aliphatic heterocycles. The number of amides is 1. The Balaban J connectivity index is 1.47. The van der Waals surface area contributed by atoms with Crippen LogP contribution in [0.1, 0.15) is 23.2 Å². The summed E-state index contributed by atoms with van der Waals surface area (Å²) in [5.41, 5.74) is -0.370. The Kier molecular flexibility index (Phi) is 6.54. The largest absolute Gasteiger partial charge is 0.491 e. The average Bonchev–Trinajstić information content (AvgIpc) is 3.21. The normalized spacial score (nSPS) is 15.9. The predicted octanol–water partition coefficient (Wildman–Crippen LogP) is 3.32. The van der Waals surface area contributed by atoms with E-state index < -0.39 is 35.8 Å². The third-order valence-corrected chi connectivity index (χ3v) is 4.11. The summed E-state index contributed by atoms with van der Waals surface area (Å²) in [6.45, 7) is 0.510. The zero-order valence-electron chi connectivity index (χ0n) is 15.0. The van der Waals surface area contributed by atoms with Crippen LogP contribution in [0.2, 0.25) is 0 Å². The first-order valence-corrected chi connectivity index (χ1v) is 8.78. The minimum Gasteiger partial charge on any atom is -0.491 e. The van der Waals surface area contributed by atoms with Crippen molar-refractivity contribution in [1.29, 1.82) is 0 Å². The van der Waals surface area contributed by atoms with Crippen LogP contribution < -0.4 is 10.1 Å². The summed E-state index contributed by atoms with van der Waals surface area (Å²) >= 11 is 0. The number of carbonyl (C=O) groups is 2. The summed E-state index contributed by atoms with van der Waals surface area (Å²) in [5.74, 6) is -2.85. The molecule has 0 bridgehead atoms. The Bertz CT molecular complexity index is 815. The van der Waals surface area contributed by atoms with Gasteiger partial charge in [0.15, 0.2) is 6.61 Å². The summed E-state index contributed by atoms with van der Waals surface area (Å²) in [5, 5.41) is 2.04. The molecule has 1 fully saturated rings. The van der Waals surface area contributed by atoms with E-state index in [1.54, 1.807) is 12.1 Å². The van der Waals surface area contributed by atoms with Gasteiger partial charge in [0, 0.05) is 6.61 Å². The van der Waals surface area contributed by atoms with Crippen molar-refractivity contribution < 1.29 is 32.6 Å². The highest BCUT2D eigenvalue weighted by atomic mass is 19.1. The first-order chi connectivity index (χ1) is 13.5. The molecule has 1 aliphatic rings. The van der Waals surface area contributed by atoms with Gasteiger partial charge in [-0.05, 0) is 49.2 Å². The molecule has 0 saturated carbocycles. The van der Waals surface area contributed by atoms with Crippen molar-refractivity contribution in [3.8, 4) is 5.75 Å². The van der Waals surface area contributed by atoms with Gasteiger partial charge in [-0.1, -0.05) is 6.07 Å². The lowest BCUT2D eigenvalue weighted by Gasteiger charge is -2.11. The SMILES string of the molecule is O=C(COC(=O)c1ccc(OC[C@@H]2CCCO2)cc1)Nc1c(F)cccc1F. The third kappa shape index (κ3) is 5.26. The van der Waals surface area contributed by atoms with Crippen molar-refractivity contribution in [2.24, 2.45) is 0 Å². The third-order valence-electron chi connectivity index (χ3n) is 4.11. The number of hydrogen-bond donors (Lipinski definition) is 1. The van der Waals surface area contributed by atoms with Gasteiger partial charge in [0.25, 0.3) is 5.91 Å². The van der Waals surface area contributed by atoms with E-state index in [4.69, 9.17) is 14.2 Å². The molecule has 28 heavy (non-hydrogen) atoms. The zero-order chi connectivity index (χ0) is 19.9. The monoisotopic (exact) mass is 391 g/mol. The zero-order valence-corrected chi connectivity index (χ0v) is 15.0. The van der Waals surface area contributed by atoms with Gasteiger partial charge in [0.2, 0.25) is 0 Å². The molecule has 2 aromatic carbocycles. The number of rotatable bonds is 7. The van der Waals surface area contributed by atoms with Gasteiger partial charge in [-0.2, -0.15) is 0 Å². The molecule has 1 N–H and O–H groups in total. The van der Waals surface area contributed by atoms with Crippen LogP contribution in [0.25, 0.3) is 0 Å². The molecule has 148 valence electrons. The number of para-hydroxylation sites is 1. The summed E-state index contributed by atoms with van der Waals surface area (Å²) in [7, 11) is 0. The minimum absolute atomic E-state index is 0.0856. The fraction of sp³-hybridized carbons (Fsp3) is 0.300. The summed E-state index contributed by atoms with van der Waals surface area (Å²) in [6.07, 6.45) is 2.07. The van der Waals surface area contributed by atoms with Gasteiger partial charge in [-0.3, -0.25) is 4.79 Å². The molecule has 6 nitrogen and oxygen atoms in total. The fourth-order valence-corrected chi connectivity index (χ4v) is 2.66. The van der Waals surface area contributed by atoms with E-state index in [1.807, 2.05) is 5.32 Å². The lowest BCUT2D eigenvalue weighted by molar-refractivity contribution is -0.119. The van der Waals surface area contributed by atoms with Gasteiger partial charge in [0.05, 0.1) is 11.7 Å². The lowest BCUT2D eigenvalue weighted by Crippen LogP contribution is -2.22. The van der Waals surface area contributed by atoms with E-state index in [1.165, 1.54) is 18.2 Å². The second-order valence-electron chi connectivity index (χ2n) is 6.19. The summed E-state index contributed by atoms with van der Waals surface area (Å²) in [4.78, 5) is 23.8. The molecule has 8 heteroatoms. The van der Waals surface area contributed by atoms with Crippen molar-refractivity contribution in [1.82, 2.24) is 0 Å². The molecule has 1 saturated heterocycles. The lowest BCUT2D eigenvalue weighted by atomic mass is 10.2. The topological polar surface area (TPSA) is 73.9 Å². The highest BCUT2D eigenvalue weighted by Gasteiger charge is 2.17. The summed E-state index contributed by atoms with van der Waals surface area (Å²) < 4.78 is 42.9. The van der Waals surface area contributed by atoms with Gasteiger partial charge in [-0.15, -0.1) is 0 Å². The molecule has 0 aromatic heterocycles. The van der Waals surface area contributed by atoms with Crippen molar-refractivity contribution in [2.75, 3.05) is 25.1 Å². The van der Waals surface area contributed by atoms with E-state index >= 15 is 0 Å². The van der Waals surface area contributed by atoms with Crippen molar-refractivity contribution in [2.45, 2.75) is 18.9 Å². The van der Waals surface area contributed by atoms with E-state index in [0.29, 0.717) is 12.4 Å². The molecule has 0 spiro atoms. The standard InChI is InChI=1S/C20H19F2NO5/c21-16-4-1-5-17(22)19(16)23-18(24)12-28-20(25)13-6-8-14(9-7-13)27-11-15-3-2-10-26-15/h1,4-9,15H,2-3,10-12H2,(H,23,24)/t15-/m0/s1. The maximum atomic E-state index is 13.5. The molecule has 1 atom stereocenters. The van der Waals surface area contributed by atoms with Crippen LogP contribution >= 0.6 is 0 Å². The summed E-state index contributed by atoms with van der Waals surface area (Å²) in [6, 6.07) is 9.42. The Morgan fingerprint density at radius 1 is 1.11 bits per heavy atom. The molecule has 1 heterocycles. The maximum Gasteiger partial charge on any atom is 0.338 e. The number of benzene rings is 2.